The van der Waals surface area contributed by atoms with Crippen LogP contribution >= 0.6 is 0 Å². The summed E-state index contributed by atoms with van der Waals surface area (Å²) in [6.07, 6.45) is 0. The van der Waals surface area contributed by atoms with Crippen molar-refractivity contribution in [2.45, 2.75) is 25.7 Å². The number of anilines is 1. The van der Waals surface area contributed by atoms with Gasteiger partial charge in [0.1, 0.15) is 6.54 Å². The number of aryl methyl sites for hydroxylation is 2. The van der Waals surface area contributed by atoms with E-state index in [9.17, 15) is 23.3 Å². The predicted octanol–water partition coefficient (Wildman–Crippen LogP) is 2.97. The molecule has 0 aliphatic carbocycles. The van der Waals surface area contributed by atoms with Crippen molar-refractivity contribution in [3.8, 4) is 0 Å². The van der Waals surface area contributed by atoms with Gasteiger partial charge in [-0.25, -0.2) is 8.42 Å². The largest absolute Gasteiger partial charge is 0.465 e. The summed E-state index contributed by atoms with van der Waals surface area (Å²) in [7, 11) is -4.39. The molecule has 0 heterocycles. The van der Waals surface area contributed by atoms with E-state index < -0.39 is 38.0 Å². The monoisotopic (exact) mass is 392 g/mol. The second kappa shape index (κ2) is 8.17. The first-order chi connectivity index (χ1) is 12.7. The molecule has 2 aromatic rings. The molecule has 0 N–H and O–H groups in total. The maximum Gasteiger partial charge on any atom is 0.326 e. The molecule has 2 aromatic carbocycles. The average Bonchev–Trinajstić information content (AvgIpc) is 2.60. The Hall–Kier alpha value is -2.94. The molecule has 144 valence electrons. The molecule has 0 spiro atoms. The van der Waals surface area contributed by atoms with Crippen LogP contribution in [0.2, 0.25) is 0 Å². The van der Waals surface area contributed by atoms with E-state index >= 15 is 0 Å². The molecule has 0 radical (unpaired) electrons. The van der Waals surface area contributed by atoms with Crippen LogP contribution in [-0.4, -0.2) is 32.5 Å². The van der Waals surface area contributed by atoms with Gasteiger partial charge in [0.25, 0.3) is 15.7 Å². The fourth-order valence-electron chi connectivity index (χ4n) is 2.65. The van der Waals surface area contributed by atoms with E-state index in [1.165, 1.54) is 12.1 Å². The molecule has 0 aliphatic heterocycles. The van der Waals surface area contributed by atoms with Crippen LogP contribution in [0.5, 0.6) is 0 Å². The van der Waals surface area contributed by atoms with Crippen molar-refractivity contribution in [3.05, 3.63) is 63.7 Å². The molecule has 8 nitrogen and oxygen atoms in total. The SMILES string of the molecule is CCOC(=O)CN(c1ccc(C)cc1C)S(=O)(=O)c1ccccc1[N+](=O)[O-]. The Morgan fingerprint density at radius 2 is 1.85 bits per heavy atom. The van der Waals surface area contributed by atoms with Gasteiger partial charge in [-0.1, -0.05) is 29.8 Å². The summed E-state index contributed by atoms with van der Waals surface area (Å²) in [5, 5.41) is 11.3. The number of carbonyl (C=O) groups excluding carboxylic acids is 1. The van der Waals surface area contributed by atoms with Crippen LogP contribution in [0.4, 0.5) is 11.4 Å². The molecule has 0 aromatic heterocycles. The molecule has 0 aliphatic rings. The summed E-state index contributed by atoms with van der Waals surface area (Å²) in [6.45, 7) is 4.66. The Kier molecular flexibility index (Phi) is 6.17. The number of nitrogens with zero attached hydrogens (tertiary/aromatic N) is 2. The Bertz CT molecular complexity index is 972. The number of hydrogen-bond donors (Lipinski definition) is 0. The maximum atomic E-state index is 13.2. The van der Waals surface area contributed by atoms with E-state index in [1.54, 1.807) is 32.0 Å². The lowest BCUT2D eigenvalue weighted by atomic mass is 10.1. The van der Waals surface area contributed by atoms with Gasteiger partial charge in [-0.15, -0.1) is 0 Å². The molecule has 0 amide bonds. The van der Waals surface area contributed by atoms with Crippen LogP contribution < -0.4 is 4.31 Å². The minimum atomic E-state index is -4.39. The van der Waals surface area contributed by atoms with Crippen molar-refractivity contribution in [1.29, 1.82) is 0 Å². The molecule has 9 heteroatoms. The third kappa shape index (κ3) is 4.43. The average molecular weight is 392 g/mol. The fourth-order valence-corrected chi connectivity index (χ4v) is 4.29. The lowest BCUT2D eigenvalue weighted by molar-refractivity contribution is -0.387. The fraction of sp³-hybridized carbons (Fsp3) is 0.278. The van der Waals surface area contributed by atoms with E-state index in [1.807, 2.05) is 6.92 Å². The standard InChI is InChI=1S/C18H20N2O6S/c1-4-26-18(21)12-19(15-10-9-13(2)11-14(15)3)27(24,25)17-8-6-5-7-16(17)20(22)23/h5-11H,4,12H2,1-3H3. The second-order valence-corrected chi connectivity index (χ2v) is 7.66. The molecule has 0 unspecified atom stereocenters. The van der Waals surface area contributed by atoms with Gasteiger partial charge in [0.05, 0.1) is 17.2 Å². The molecule has 27 heavy (non-hydrogen) atoms. The molecule has 0 saturated carbocycles. The lowest BCUT2D eigenvalue weighted by Crippen LogP contribution is -2.37. The van der Waals surface area contributed by atoms with Gasteiger partial charge in [0.2, 0.25) is 0 Å². The molecule has 0 atom stereocenters. The van der Waals surface area contributed by atoms with Gasteiger partial charge in [0, 0.05) is 6.07 Å². The lowest BCUT2D eigenvalue weighted by Gasteiger charge is -2.25. The maximum absolute atomic E-state index is 13.2. The normalized spacial score (nSPS) is 11.1. The number of ether oxygens (including phenoxy) is 1. The van der Waals surface area contributed by atoms with E-state index in [0.717, 1.165) is 22.0 Å². The molecular formula is C18H20N2O6S. The van der Waals surface area contributed by atoms with Gasteiger partial charge >= 0.3 is 5.97 Å². The van der Waals surface area contributed by atoms with Crippen molar-refractivity contribution >= 4 is 27.4 Å². The first-order valence-corrected chi connectivity index (χ1v) is 9.61. The molecule has 0 saturated heterocycles. The Morgan fingerprint density at radius 1 is 1.19 bits per heavy atom. The molecule has 2 rings (SSSR count). The minimum Gasteiger partial charge on any atom is -0.465 e. The third-order valence-corrected chi connectivity index (χ3v) is 5.64. The molecule has 0 bridgehead atoms. The van der Waals surface area contributed by atoms with Crippen molar-refractivity contribution in [3.63, 3.8) is 0 Å². The first-order valence-electron chi connectivity index (χ1n) is 8.17. The zero-order chi connectivity index (χ0) is 20.2. The van der Waals surface area contributed by atoms with Crippen LogP contribution in [0.15, 0.2) is 47.4 Å². The number of esters is 1. The number of nitro groups is 1. The highest BCUT2D eigenvalue weighted by molar-refractivity contribution is 7.93. The number of carbonyl (C=O) groups is 1. The van der Waals surface area contributed by atoms with Crippen LogP contribution in [0.25, 0.3) is 0 Å². The third-order valence-electron chi connectivity index (χ3n) is 3.83. The van der Waals surface area contributed by atoms with Crippen molar-refractivity contribution < 1.29 is 22.9 Å². The summed E-state index contributed by atoms with van der Waals surface area (Å²) in [5.74, 6) is -0.750. The van der Waals surface area contributed by atoms with E-state index in [0.29, 0.717) is 5.56 Å². The summed E-state index contributed by atoms with van der Waals surface area (Å²) in [6, 6.07) is 10.1. The minimum absolute atomic E-state index is 0.0884. The summed E-state index contributed by atoms with van der Waals surface area (Å²) in [5.41, 5.74) is 1.22. The number of rotatable bonds is 7. The van der Waals surface area contributed by atoms with Gasteiger partial charge in [0.15, 0.2) is 4.90 Å². The predicted molar refractivity (Wildman–Crippen MR) is 100 cm³/mol. The number of para-hydroxylation sites is 1. The smallest absolute Gasteiger partial charge is 0.326 e. The van der Waals surface area contributed by atoms with Crippen molar-refractivity contribution in [2.75, 3.05) is 17.5 Å². The van der Waals surface area contributed by atoms with Crippen LogP contribution in [-0.2, 0) is 19.6 Å². The Morgan fingerprint density at radius 3 is 2.44 bits per heavy atom. The molecule has 0 fully saturated rings. The molecular weight excluding hydrogens is 372 g/mol. The van der Waals surface area contributed by atoms with Crippen LogP contribution in [0, 0.1) is 24.0 Å². The van der Waals surface area contributed by atoms with Crippen molar-refractivity contribution in [1.82, 2.24) is 0 Å². The second-order valence-electron chi connectivity index (χ2n) is 5.83. The van der Waals surface area contributed by atoms with Crippen molar-refractivity contribution in [2.24, 2.45) is 0 Å². The summed E-state index contributed by atoms with van der Waals surface area (Å²) < 4.78 is 32.2. The number of sulfonamides is 1. The summed E-state index contributed by atoms with van der Waals surface area (Å²) in [4.78, 5) is 22.1. The highest BCUT2D eigenvalue weighted by Gasteiger charge is 2.34. The zero-order valence-electron chi connectivity index (χ0n) is 15.2. The van der Waals surface area contributed by atoms with Crippen LogP contribution in [0.1, 0.15) is 18.1 Å². The highest BCUT2D eigenvalue weighted by atomic mass is 32.2. The topological polar surface area (TPSA) is 107 Å². The van der Waals surface area contributed by atoms with E-state index in [4.69, 9.17) is 4.74 Å². The van der Waals surface area contributed by atoms with Gasteiger partial charge in [-0.2, -0.15) is 0 Å². The number of benzene rings is 2. The van der Waals surface area contributed by atoms with Gasteiger partial charge in [-0.05, 0) is 38.5 Å². The van der Waals surface area contributed by atoms with Gasteiger partial charge < -0.3 is 4.74 Å². The zero-order valence-corrected chi connectivity index (χ0v) is 16.0. The quantitative estimate of drug-likeness (QED) is 0.407. The van der Waals surface area contributed by atoms with E-state index in [-0.39, 0.29) is 12.3 Å². The summed E-state index contributed by atoms with van der Waals surface area (Å²) >= 11 is 0. The van der Waals surface area contributed by atoms with E-state index in [2.05, 4.69) is 0 Å². The number of nitro benzene ring substituents is 1. The first kappa shape index (κ1) is 20.4. The highest BCUT2D eigenvalue weighted by Crippen LogP contribution is 2.31. The Labute approximate surface area is 157 Å². The Balaban J connectivity index is 2.65. The number of hydrogen-bond acceptors (Lipinski definition) is 6. The van der Waals surface area contributed by atoms with Crippen LogP contribution in [0.3, 0.4) is 0 Å². The van der Waals surface area contributed by atoms with Gasteiger partial charge in [-0.3, -0.25) is 19.2 Å².